The summed E-state index contributed by atoms with van der Waals surface area (Å²) in [6.45, 7) is 9.71. The fourth-order valence-corrected chi connectivity index (χ4v) is 10.1. The first-order valence-corrected chi connectivity index (χ1v) is 20.3. The minimum absolute atomic E-state index is 0.0125. The Morgan fingerprint density at radius 1 is 0.623 bits per heavy atom. The summed E-state index contributed by atoms with van der Waals surface area (Å²) in [5.41, 5.74) is 11.7. The monoisotopic (exact) mass is 807 g/mol. The van der Waals surface area contributed by atoms with E-state index in [1.807, 2.05) is 30.6 Å². The second kappa shape index (κ2) is 13.4. The van der Waals surface area contributed by atoms with Crippen molar-refractivity contribution in [3.8, 4) is 22.6 Å². The van der Waals surface area contributed by atoms with Crippen LogP contribution < -0.4 is 26.8 Å². The van der Waals surface area contributed by atoms with E-state index < -0.39 is 20.9 Å². The molecule has 0 atom stereocenters. The first-order valence-electron chi connectivity index (χ1n) is 17.9. The van der Waals surface area contributed by atoms with Gasteiger partial charge in [-0.1, -0.05) is 45.0 Å². The van der Waals surface area contributed by atoms with E-state index in [1.165, 1.54) is 31.8 Å². The molecule has 0 N–H and O–H groups in total. The zero-order valence-electron chi connectivity index (χ0n) is 30.2. The third-order valence-corrected chi connectivity index (χ3v) is 13.0. The molecule has 7 heteroatoms. The van der Waals surface area contributed by atoms with Crippen LogP contribution in [0.2, 0.25) is 0 Å². The van der Waals surface area contributed by atoms with E-state index >= 15 is 0 Å². The van der Waals surface area contributed by atoms with Gasteiger partial charge in [0.25, 0.3) is 0 Å². The molecule has 2 aliphatic heterocycles. The topological polar surface area (TPSA) is 44.7 Å². The first kappa shape index (κ1) is 33.2. The molecule has 53 heavy (non-hydrogen) atoms. The van der Waals surface area contributed by atoms with Gasteiger partial charge in [-0.3, -0.25) is 0 Å². The van der Waals surface area contributed by atoms with E-state index in [2.05, 4.69) is 164 Å². The van der Waals surface area contributed by atoms with Crippen molar-refractivity contribution in [2.24, 2.45) is 0 Å². The van der Waals surface area contributed by atoms with Crippen molar-refractivity contribution in [3.05, 3.63) is 163 Å². The van der Waals surface area contributed by atoms with Crippen LogP contribution in [0.15, 0.2) is 152 Å². The van der Waals surface area contributed by atoms with Crippen molar-refractivity contribution < 1.29 is 4.74 Å². The summed E-state index contributed by atoms with van der Waals surface area (Å²) in [4.78, 5) is 16.9. The quantitative estimate of drug-likeness (QED) is 0.156. The second-order valence-corrected chi connectivity index (χ2v) is 17.4. The molecule has 0 unspecified atom stereocenters. The first-order chi connectivity index (χ1) is 25.8. The third-order valence-electron chi connectivity index (χ3n) is 9.89. The van der Waals surface area contributed by atoms with Gasteiger partial charge in [0.15, 0.2) is 0 Å². The normalized spacial score (nSPS) is 13.4. The van der Waals surface area contributed by atoms with Gasteiger partial charge in [-0.05, 0) is 17.0 Å². The van der Waals surface area contributed by atoms with Gasteiger partial charge < -0.3 is 0 Å². The molecule has 4 heterocycles. The van der Waals surface area contributed by atoms with Crippen LogP contribution in [0.5, 0.6) is 11.5 Å². The van der Waals surface area contributed by atoms with E-state index in [-0.39, 0.29) is 5.41 Å². The van der Waals surface area contributed by atoms with Crippen molar-refractivity contribution in [1.82, 2.24) is 9.97 Å². The number of rotatable bonds is 6. The predicted octanol–water partition coefficient (Wildman–Crippen LogP) is 10.2. The Balaban J connectivity index is 1.04. The molecule has 260 valence electrons. The zero-order chi connectivity index (χ0) is 36.1. The fourth-order valence-electron chi connectivity index (χ4n) is 7.35. The molecule has 7 aromatic rings. The van der Waals surface area contributed by atoms with Gasteiger partial charge in [0.05, 0.1) is 0 Å². The molecule has 0 amide bonds. The molecular weight excluding hydrogens is 766 g/mol. The summed E-state index contributed by atoms with van der Waals surface area (Å²) in [5.74, 6) is 2.44. The van der Waals surface area contributed by atoms with E-state index in [1.54, 1.807) is 0 Å². The van der Waals surface area contributed by atoms with Gasteiger partial charge in [0.1, 0.15) is 0 Å². The van der Waals surface area contributed by atoms with Crippen molar-refractivity contribution in [2.45, 2.75) is 33.1 Å². The van der Waals surface area contributed by atoms with Crippen LogP contribution in [0.25, 0.3) is 11.1 Å². The van der Waals surface area contributed by atoms with Gasteiger partial charge in [0.2, 0.25) is 0 Å². The SMILES string of the molecule is Cc1cc(N2c3cc(Oc4cccc(N5CN(c6ccccc6C(C)(C)C)c6ccccc65)c4)ccc3[Te]c3ncccc32)ncc1-c1ccccc1. The Hall–Kier alpha value is -5.61. The van der Waals surface area contributed by atoms with Crippen LogP contribution in [-0.2, 0) is 5.41 Å². The summed E-state index contributed by atoms with van der Waals surface area (Å²) in [7, 11) is 0. The number of nitrogens with zero attached hydrogens (tertiary/aromatic N) is 5. The number of hydrogen-bond donors (Lipinski definition) is 0. The van der Waals surface area contributed by atoms with Crippen molar-refractivity contribution in [2.75, 3.05) is 21.4 Å². The number of pyridine rings is 2. The Labute approximate surface area is 321 Å². The summed E-state index contributed by atoms with van der Waals surface area (Å²) in [5, 5.41) is 0. The Morgan fingerprint density at radius 2 is 1.34 bits per heavy atom. The van der Waals surface area contributed by atoms with E-state index in [9.17, 15) is 0 Å². The molecular formula is C46H39N5OTe. The summed E-state index contributed by atoms with van der Waals surface area (Å²) >= 11 is -0.709. The molecule has 0 saturated carbocycles. The number of benzene rings is 5. The Bertz CT molecular complexity index is 2480. The van der Waals surface area contributed by atoms with Gasteiger partial charge in [-0.25, -0.2) is 0 Å². The minimum atomic E-state index is -0.709. The average Bonchev–Trinajstić information content (AvgIpc) is 3.57. The fraction of sp³-hybridized carbons (Fsp3) is 0.130. The average molecular weight is 805 g/mol. The van der Waals surface area contributed by atoms with Gasteiger partial charge >= 0.3 is 261 Å². The standard InChI is InChI=1S/C46H39N5OTe/c1-31-26-44(48-29-36(31)32-14-6-5-7-15-32)51-41-22-13-25-47-45(41)53-43-24-23-35(28-42(43)51)52-34-17-12-16-33(27-34)49-30-50(40-21-11-10-20-39(40)49)38-19-9-8-18-37(38)46(2,3)4/h5-29H,30H2,1-4H3. The van der Waals surface area contributed by atoms with E-state index in [0.29, 0.717) is 6.67 Å². The number of ether oxygens (including phenoxy) is 1. The van der Waals surface area contributed by atoms with Crippen molar-refractivity contribution in [3.63, 3.8) is 0 Å². The van der Waals surface area contributed by atoms with Gasteiger partial charge in [-0.2, -0.15) is 0 Å². The van der Waals surface area contributed by atoms with Crippen LogP contribution in [0.1, 0.15) is 31.9 Å². The molecule has 0 radical (unpaired) electrons. The molecule has 9 rings (SSSR count). The van der Waals surface area contributed by atoms with Crippen molar-refractivity contribution in [1.29, 1.82) is 0 Å². The Morgan fingerprint density at radius 3 is 2.13 bits per heavy atom. The van der Waals surface area contributed by atoms with Crippen molar-refractivity contribution >= 4 is 68.2 Å². The summed E-state index contributed by atoms with van der Waals surface area (Å²) < 4.78 is 9.15. The van der Waals surface area contributed by atoms with E-state index in [4.69, 9.17) is 14.7 Å². The number of hydrogen-bond acceptors (Lipinski definition) is 6. The molecule has 0 spiro atoms. The maximum absolute atomic E-state index is 6.69. The molecule has 0 fully saturated rings. The van der Waals surface area contributed by atoms with Crippen LogP contribution in [0.3, 0.4) is 0 Å². The molecule has 0 saturated heterocycles. The van der Waals surface area contributed by atoms with Crippen LogP contribution in [-0.4, -0.2) is 37.6 Å². The van der Waals surface area contributed by atoms with Crippen LogP contribution in [0, 0.1) is 6.92 Å². The summed E-state index contributed by atoms with van der Waals surface area (Å²) in [6.07, 6.45) is 3.89. The number of aromatic nitrogens is 2. The molecule has 2 aromatic heterocycles. The zero-order valence-corrected chi connectivity index (χ0v) is 32.5. The van der Waals surface area contributed by atoms with Crippen LogP contribution >= 0.6 is 0 Å². The molecule has 0 aliphatic carbocycles. The summed E-state index contributed by atoms with van der Waals surface area (Å²) in [6, 6.07) is 49.2. The number of anilines is 7. The molecule has 2 aliphatic rings. The molecule has 5 aromatic carbocycles. The van der Waals surface area contributed by atoms with Gasteiger partial charge in [-0.15, -0.1) is 0 Å². The Kier molecular flexibility index (Phi) is 8.42. The second-order valence-electron chi connectivity index (χ2n) is 14.5. The van der Waals surface area contributed by atoms with Crippen LogP contribution in [0.4, 0.5) is 39.9 Å². The van der Waals surface area contributed by atoms with Gasteiger partial charge in [0, 0.05) is 0 Å². The van der Waals surface area contributed by atoms with E-state index in [0.717, 1.165) is 49.2 Å². The number of para-hydroxylation sites is 3. The maximum atomic E-state index is 6.69. The number of aryl methyl sites for hydroxylation is 1. The molecule has 6 nitrogen and oxygen atoms in total. The predicted molar refractivity (Wildman–Crippen MR) is 219 cm³/mol. The molecule has 0 bridgehead atoms. The number of fused-ring (bicyclic) bond motifs is 3. The third kappa shape index (κ3) is 6.20.